The number of halogens is 1. The number of Topliss-reactive ketones (excluding diaryl/α,β-unsaturated/α-hetero) is 1. The molecule has 0 unspecified atom stereocenters. The summed E-state index contributed by atoms with van der Waals surface area (Å²) in [6.45, 7) is 4.39. The van der Waals surface area contributed by atoms with Crippen LogP contribution in [-0.2, 0) is 22.8 Å². The Bertz CT molecular complexity index is 1230. The lowest BCUT2D eigenvalue weighted by molar-refractivity contribution is 0.102. The van der Waals surface area contributed by atoms with Gasteiger partial charge in [0.25, 0.3) is 5.22 Å². The average molecular weight is 478 g/mol. The first kappa shape index (κ1) is 22.7. The molecule has 1 aliphatic rings. The monoisotopic (exact) mass is 477 g/mol. The Labute approximate surface area is 190 Å². The molecule has 3 aromatic rings. The van der Waals surface area contributed by atoms with Gasteiger partial charge < -0.3 is 8.98 Å². The fraction of sp³-hybridized carbons (Fsp3) is 0.409. The third-order valence-corrected chi connectivity index (χ3v) is 8.35. The number of nitrogens with zero attached hydrogens (tertiary/aromatic N) is 3. The zero-order valence-corrected chi connectivity index (χ0v) is 19.5. The zero-order valence-electron chi connectivity index (χ0n) is 17.9. The molecule has 1 aliphatic heterocycles. The first-order chi connectivity index (χ1) is 15.2. The van der Waals surface area contributed by atoms with E-state index in [1.54, 1.807) is 12.1 Å². The molecular formula is C22H24FN3O4S2. The van der Waals surface area contributed by atoms with Gasteiger partial charge in [0.15, 0.2) is 15.6 Å². The standard InChI is InChI=1S/C22H24FN3O4S2/c1-14-9-19(15(2)26(14)11-16-3-5-18(23)6-4-16)20(27)12-31-22-25-24-21(30-22)10-17-7-8-32(28,29)13-17/h3-6,9,17H,7-8,10-13H2,1-2H3/t17-/m1/s1. The first-order valence-corrected chi connectivity index (χ1v) is 13.1. The number of aromatic nitrogens is 3. The molecule has 170 valence electrons. The number of aryl methyl sites for hydroxylation is 1. The second-order valence-corrected chi connectivity index (χ2v) is 11.3. The molecule has 0 amide bonds. The van der Waals surface area contributed by atoms with Crippen LogP contribution in [-0.4, -0.2) is 46.2 Å². The summed E-state index contributed by atoms with van der Waals surface area (Å²) in [7, 11) is -2.95. The number of sulfone groups is 1. The summed E-state index contributed by atoms with van der Waals surface area (Å²) in [6.07, 6.45) is 1.05. The quantitative estimate of drug-likeness (QED) is 0.361. The van der Waals surface area contributed by atoms with Gasteiger partial charge in [0, 0.05) is 29.9 Å². The lowest BCUT2D eigenvalue weighted by Gasteiger charge is -2.10. The van der Waals surface area contributed by atoms with Crippen molar-refractivity contribution >= 4 is 27.4 Å². The molecule has 1 atom stereocenters. The van der Waals surface area contributed by atoms with Crippen LogP contribution in [0.25, 0.3) is 0 Å². The number of ketones is 1. The average Bonchev–Trinajstić information content (AvgIpc) is 3.41. The van der Waals surface area contributed by atoms with Crippen LogP contribution in [0.5, 0.6) is 0 Å². The number of carbonyl (C=O) groups excluding carboxylic acids is 1. The van der Waals surface area contributed by atoms with Crippen LogP contribution in [0.2, 0.25) is 0 Å². The van der Waals surface area contributed by atoms with E-state index in [-0.39, 0.29) is 34.8 Å². The summed E-state index contributed by atoms with van der Waals surface area (Å²) >= 11 is 1.17. The predicted molar refractivity (Wildman–Crippen MR) is 119 cm³/mol. The van der Waals surface area contributed by atoms with E-state index in [0.717, 1.165) is 17.0 Å². The van der Waals surface area contributed by atoms with E-state index < -0.39 is 9.84 Å². The maximum atomic E-state index is 13.2. The third-order valence-electron chi connectivity index (χ3n) is 5.69. The molecule has 3 heterocycles. The highest BCUT2D eigenvalue weighted by Crippen LogP contribution is 2.25. The van der Waals surface area contributed by atoms with Gasteiger partial charge in [-0.2, -0.15) is 0 Å². The normalized spacial score (nSPS) is 17.7. The summed E-state index contributed by atoms with van der Waals surface area (Å²) in [5.74, 6) is 0.604. The molecule has 1 saturated heterocycles. The summed E-state index contributed by atoms with van der Waals surface area (Å²) in [4.78, 5) is 12.8. The molecule has 0 N–H and O–H groups in total. The molecule has 0 aliphatic carbocycles. The highest BCUT2D eigenvalue weighted by atomic mass is 32.2. The summed E-state index contributed by atoms with van der Waals surface area (Å²) in [5, 5.41) is 8.27. The van der Waals surface area contributed by atoms with Crippen molar-refractivity contribution in [2.75, 3.05) is 17.3 Å². The van der Waals surface area contributed by atoms with Crippen molar-refractivity contribution in [2.24, 2.45) is 5.92 Å². The fourth-order valence-electron chi connectivity index (χ4n) is 3.96. The minimum Gasteiger partial charge on any atom is -0.416 e. The highest BCUT2D eigenvalue weighted by molar-refractivity contribution is 7.99. The van der Waals surface area contributed by atoms with E-state index in [1.165, 1.54) is 23.9 Å². The van der Waals surface area contributed by atoms with E-state index in [9.17, 15) is 17.6 Å². The van der Waals surface area contributed by atoms with Crippen molar-refractivity contribution in [2.45, 2.75) is 38.5 Å². The summed E-state index contributed by atoms with van der Waals surface area (Å²) in [5.41, 5.74) is 3.39. The molecule has 4 rings (SSSR count). The van der Waals surface area contributed by atoms with Crippen LogP contribution in [0.4, 0.5) is 4.39 Å². The first-order valence-electron chi connectivity index (χ1n) is 10.3. The van der Waals surface area contributed by atoms with Gasteiger partial charge in [-0.25, -0.2) is 12.8 Å². The maximum absolute atomic E-state index is 13.2. The fourth-order valence-corrected chi connectivity index (χ4v) is 6.49. The molecule has 0 spiro atoms. The SMILES string of the molecule is Cc1cc(C(=O)CSc2nnc(C[C@H]3CCS(=O)(=O)C3)o2)c(C)n1Cc1ccc(F)cc1. The molecule has 10 heteroatoms. The Morgan fingerprint density at radius 3 is 2.69 bits per heavy atom. The molecule has 32 heavy (non-hydrogen) atoms. The van der Waals surface area contributed by atoms with Gasteiger partial charge in [0.2, 0.25) is 5.89 Å². The van der Waals surface area contributed by atoms with E-state index in [0.29, 0.717) is 36.1 Å². The Morgan fingerprint density at radius 2 is 2.00 bits per heavy atom. The summed E-state index contributed by atoms with van der Waals surface area (Å²) < 4.78 is 44.0. The minimum absolute atomic E-state index is 0.00595. The lowest BCUT2D eigenvalue weighted by Crippen LogP contribution is -2.07. The third kappa shape index (κ3) is 5.29. The van der Waals surface area contributed by atoms with Crippen molar-refractivity contribution in [3.05, 3.63) is 64.6 Å². The van der Waals surface area contributed by atoms with Crippen LogP contribution < -0.4 is 0 Å². The van der Waals surface area contributed by atoms with Gasteiger partial charge >= 0.3 is 0 Å². The molecular weight excluding hydrogens is 453 g/mol. The van der Waals surface area contributed by atoms with Gasteiger partial charge in [0.1, 0.15) is 5.82 Å². The maximum Gasteiger partial charge on any atom is 0.277 e. The van der Waals surface area contributed by atoms with Crippen LogP contribution in [0.15, 0.2) is 40.0 Å². The van der Waals surface area contributed by atoms with Gasteiger partial charge in [-0.05, 0) is 49.9 Å². The van der Waals surface area contributed by atoms with E-state index in [1.807, 2.05) is 24.5 Å². The number of hydrogen-bond acceptors (Lipinski definition) is 7. The van der Waals surface area contributed by atoms with E-state index >= 15 is 0 Å². The van der Waals surface area contributed by atoms with Crippen LogP contribution in [0.1, 0.15) is 39.6 Å². The number of benzene rings is 1. The number of rotatable bonds is 8. The number of carbonyl (C=O) groups is 1. The van der Waals surface area contributed by atoms with Crippen LogP contribution in [0.3, 0.4) is 0 Å². The van der Waals surface area contributed by atoms with Crippen LogP contribution in [0, 0.1) is 25.6 Å². The van der Waals surface area contributed by atoms with Gasteiger partial charge in [0.05, 0.1) is 17.3 Å². The van der Waals surface area contributed by atoms with Crippen molar-refractivity contribution < 1.29 is 22.0 Å². The van der Waals surface area contributed by atoms with Gasteiger partial charge in [-0.3, -0.25) is 4.79 Å². The van der Waals surface area contributed by atoms with E-state index in [2.05, 4.69) is 10.2 Å². The Hall–Kier alpha value is -2.46. The Morgan fingerprint density at radius 1 is 1.25 bits per heavy atom. The number of hydrogen-bond donors (Lipinski definition) is 0. The van der Waals surface area contributed by atoms with E-state index in [4.69, 9.17) is 4.42 Å². The molecule has 1 aromatic carbocycles. The van der Waals surface area contributed by atoms with Crippen molar-refractivity contribution in [3.63, 3.8) is 0 Å². The molecule has 1 fully saturated rings. The molecule has 2 aromatic heterocycles. The smallest absolute Gasteiger partial charge is 0.277 e. The summed E-state index contributed by atoms with van der Waals surface area (Å²) in [6, 6.07) is 8.19. The molecule has 0 bridgehead atoms. The zero-order chi connectivity index (χ0) is 22.9. The molecule has 7 nitrogen and oxygen atoms in total. The Kier molecular flexibility index (Phi) is 6.52. The lowest BCUT2D eigenvalue weighted by atomic mass is 10.1. The van der Waals surface area contributed by atoms with Gasteiger partial charge in [-0.15, -0.1) is 10.2 Å². The second-order valence-electron chi connectivity index (χ2n) is 8.14. The highest BCUT2D eigenvalue weighted by Gasteiger charge is 2.29. The molecule has 0 radical (unpaired) electrons. The van der Waals surface area contributed by atoms with Crippen molar-refractivity contribution in [3.8, 4) is 0 Å². The van der Waals surface area contributed by atoms with Crippen molar-refractivity contribution in [1.82, 2.24) is 14.8 Å². The predicted octanol–water partition coefficient (Wildman–Crippen LogP) is 3.63. The second kappa shape index (κ2) is 9.19. The Balaban J connectivity index is 1.36. The van der Waals surface area contributed by atoms with Crippen molar-refractivity contribution in [1.29, 1.82) is 0 Å². The topological polar surface area (TPSA) is 95.1 Å². The number of thioether (sulfide) groups is 1. The largest absolute Gasteiger partial charge is 0.416 e. The minimum atomic E-state index is -2.95. The van der Waals surface area contributed by atoms with Crippen LogP contribution >= 0.6 is 11.8 Å². The molecule has 0 saturated carbocycles. The van der Waals surface area contributed by atoms with Gasteiger partial charge in [-0.1, -0.05) is 23.9 Å².